The zero-order valence-electron chi connectivity index (χ0n) is 18.9. The lowest BCUT2D eigenvalue weighted by molar-refractivity contribution is 0.0341. The van der Waals surface area contributed by atoms with Crippen LogP contribution in [0.3, 0.4) is 0 Å². The van der Waals surface area contributed by atoms with E-state index in [1.54, 1.807) is 35.4 Å². The van der Waals surface area contributed by atoms with Crippen LogP contribution in [-0.2, 0) is 17.8 Å². The van der Waals surface area contributed by atoms with E-state index >= 15 is 0 Å². The smallest absolute Gasteiger partial charge is 0.262 e. The Balaban J connectivity index is 1.44. The third-order valence-corrected chi connectivity index (χ3v) is 6.49. The first-order valence-corrected chi connectivity index (χ1v) is 11.5. The van der Waals surface area contributed by atoms with Crippen molar-refractivity contribution in [2.45, 2.75) is 39.4 Å². The van der Waals surface area contributed by atoms with E-state index in [1.165, 1.54) is 11.0 Å². The summed E-state index contributed by atoms with van der Waals surface area (Å²) >= 11 is 1.59. The van der Waals surface area contributed by atoms with Gasteiger partial charge in [-0.1, -0.05) is 0 Å². The number of amides is 3. The summed E-state index contributed by atoms with van der Waals surface area (Å²) in [5, 5.41) is 3.00. The Morgan fingerprint density at radius 2 is 1.84 bits per heavy atom. The number of carbonyl (C=O) groups is 3. The van der Waals surface area contributed by atoms with Crippen LogP contribution in [0.2, 0.25) is 0 Å². The van der Waals surface area contributed by atoms with Gasteiger partial charge < -0.3 is 9.64 Å². The zero-order valence-corrected chi connectivity index (χ0v) is 19.7. The number of ether oxygens (including phenoxy) is 1. The SMILES string of the molecule is CN(Cc1csc(CN2CCOCC2)n1)C(=O)c1ccc2c(c1)C(=O)N(C(C)(C)C)C2=O. The predicted octanol–water partition coefficient (Wildman–Crippen LogP) is 2.64. The normalized spacial score (nSPS) is 17.1. The van der Waals surface area contributed by atoms with E-state index in [0.717, 1.165) is 43.5 Å². The molecule has 0 aliphatic carbocycles. The Morgan fingerprint density at radius 1 is 1.16 bits per heavy atom. The van der Waals surface area contributed by atoms with E-state index in [2.05, 4.69) is 9.88 Å². The van der Waals surface area contributed by atoms with Gasteiger partial charge in [0.25, 0.3) is 17.7 Å². The number of fused-ring (bicyclic) bond motifs is 1. The molecule has 0 N–H and O–H groups in total. The van der Waals surface area contributed by atoms with Crippen LogP contribution < -0.4 is 0 Å². The summed E-state index contributed by atoms with van der Waals surface area (Å²) < 4.78 is 5.38. The number of hydrogen-bond acceptors (Lipinski definition) is 7. The van der Waals surface area contributed by atoms with Gasteiger partial charge in [-0.05, 0) is 39.0 Å². The van der Waals surface area contributed by atoms with Gasteiger partial charge >= 0.3 is 0 Å². The number of nitrogens with zero attached hydrogens (tertiary/aromatic N) is 4. The molecule has 32 heavy (non-hydrogen) atoms. The fourth-order valence-electron chi connectivity index (χ4n) is 3.96. The molecule has 8 nitrogen and oxygen atoms in total. The molecule has 0 saturated carbocycles. The van der Waals surface area contributed by atoms with Gasteiger partial charge in [-0.3, -0.25) is 24.2 Å². The molecule has 0 spiro atoms. The lowest BCUT2D eigenvalue weighted by Crippen LogP contribution is -2.45. The van der Waals surface area contributed by atoms with Gasteiger partial charge in [0, 0.05) is 36.6 Å². The second-order valence-corrected chi connectivity index (χ2v) is 10.1. The summed E-state index contributed by atoms with van der Waals surface area (Å²) in [6.07, 6.45) is 0. The third kappa shape index (κ3) is 4.46. The molecule has 0 bridgehead atoms. The van der Waals surface area contributed by atoms with Gasteiger partial charge in [0.1, 0.15) is 5.01 Å². The van der Waals surface area contributed by atoms with Crippen LogP contribution >= 0.6 is 11.3 Å². The first kappa shape index (κ1) is 22.6. The van der Waals surface area contributed by atoms with Gasteiger partial charge in [0.2, 0.25) is 0 Å². The van der Waals surface area contributed by atoms with E-state index in [9.17, 15) is 14.4 Å². The van der Waals surface area contributed by atoms with Crippen molar-refractivity contribution in [2.24, 2.45) is 0 Å². The van der Waals surface area contributed by atoms with Gasteiger partial charge in [0.05, 0.1) is 43.1 Å². The fraction of sp³-hybridized carbons (Fsp3) is 0.478. The molecule has 0 atom stereocenters. The molecule has 0 radical (unpaired) electrons. The third-order valence-electron chi connectivity index (χ3n) is 5.61. The number of aromatic nitrogens is 1. The number of thiazole rings is 1. The highest BCUT2D eigenvalue weighted by atomic mass is 32.1. The first-order chi connectivity index (χ1) is 15.1. The Kier molecular flexibility index (Phi) is 6.15. The van der Waals surface area contributed by atoms with Crippen LogP contribution in [-0.4, -0.2) is 76.3 Å². The fourth-order valence-corrected chi connectivity index (χ4v) is 4.79. The molecule has 2 aromatic rings. The quantitative estimate of drug-likeness (QED) is 0.644. The average molecular weight is 457 g/mol. The van der Waals surface area contributed by atoms with E-state index in [4.69, 9.17) is 4.74 Å². The second kappa shape index (κ2) is 8.73. The number of benzene rings is 1. The van der Waals surface area contributed by atoms with Crippen LogP contribution in [0.1, 0.15) is 62.5 Å². The summed E-state index contributed by atoms with van der Waals surface area (Å²) in [4.78, 5) is 48.3. The van der Waals surface area contributed by atoms with Crippen molar-refractivity contribution in [3.8, 4) is 0 Å². The van der Waals surface area contributed by atoms with Crippen molar-refractivity contribution in [3.05, 3.63) is 51.0 Å². The molecular weight excluding hydrogens is 428 g/mol. The lowest BCUT2D eigenvalue weighted by atomic mass is 10.0. The van der Waals surface area contributed by atoms with Crippen LogP contribution in [0.4, 0.5) is 0 Å². The van der Waals surface area contributed by atoms with Gasteiger partial charge in [-0.15, -0.1) is 11.3 Å². The van der Waals surface area contributed by atoms with Crippen LogP contribution in [0.15, 0.2) is 23.6 Å². The molecule has 3 amide bonds. The molecule has 2 aliphatic heterocycles. The Hall–Kier alpha value is -2.62. The van der Waals surface area contributed by atoms with Crippen molar-refractivity contribution in [3.63, 3.8) is 0 Å². The zero-order chi connectivity index (χ0) is 23.0. The van der Waals surface area contributed by atoms with Crippen molar-refractivity contribution >= 4 is 29.1 Å². The standard InChI is InChI=1S/C23H28N4O4S/c1-23(2,3)27-21(29)17-6-5-15(11-18(17)22(27)30)20(28)25(4)12-16-14-32-19(24-16)13-26-7-9-31-10-8-26/h5-6,11,14H,7-10,12-13H2,1-4H3. The first-order valence-electron chi connectivity index (χ1n) is 10.7. The van der Waals surface area contributed by atoms with E-state index < -0.39 is 5.54 Å². The lowest BCUT2D eigenvalue weighted by Gasteiger charge is -2.29. The van der Waals surface area contributed by atoms with Gasteiger partial charge in [-0.2, -0.15) is 0 Å². The van der Waals surface area contributed by atoms with Gasteiger partial charge in [-0.25, -0.2) is 4.98 Å². The Morgan fingerprint density at radius 3 is 2.53 bits per heavy atom. The molecule has 0 unspecified atom stereocenters. The minimum atomic E-state index is -0.627. The second-order valence-electron chi connectivity index (χ2n) is 9.16. The maximum absolute atomic E-state index is 13.0. The highest BCUT2D eigenvalue weighted by Crippen LogP contribution is 2.30. The molecular formula is C23H28N4O4S. The van der Waals surface area contributed by atoms with Crippen LogP contribution in [0, 0.1) is 0 Å². The summed E-state index contributed by atoms with van der Waals surface area (Å²) in [5.41, 5.74) is 1.21. The highest BCUT2D eigenvalue weighted by molar-refractivity contribution is 7.09. The predicted molar refractivity (Wildman–Crippen MR) is 121 cm³/mol. The summed E-state index contributed by atoms with van der Waals surface area (Å²) in [6.45, 7) is 9.91. The molecule has 9 heteroatoms. The number of morpholine rings is 1. The number of carbonyl (C=O) groups excluding carboxylic acids is 3. The number of imide groups is 1. The Labute approximate surface area is 191 Å². The maximum atomic E-state index is 13.0. The van der Waals surface area contributed by atoms with E-state index in [-0.39, 0.29) is 23.3 Å². The summed E-state index contributed by atoms with van der Waals surface area (Å²) in [5.74, 6) is -0.896. The number of rotatable bonds is 5. The maximum Gasteiger partial charge on any atom is 0.262 e. The summed E-state index contributed by atoms with van der Waals surface area (Å²) in [6, 6.07) is 4.72. The van der Waals surface area contributed by atoms with Crippen LogP contribution in [0.25, 0.3) is 0 Å². The molecule has 1 fully saturated rings. The molecule has 1 aromatic heterocycles. The topological polar surface area (TPSA) is 83.1 Å². The van der Waals surface area contributed by atoms with Gasteiger partial charge in [0.15, 0.2) is 0 Å². The molecule has 170 valence electrons. The van der Waals surface area contributed by atoms with E-state index in [1.807, 2.05) is 26.2 Å². The average Bonchev–Trinajstić information content (AvgIpc) is 3.29. The van der Waals surface area contributed by atoms with E-state index in [0.29, 0.717) is 17.7 Å². The molecule has 1 aromatic carbocycles. The molecule has 4 rings (SSSR count). The minimum Gasteiger partial charge on any atom is -0.379 e. The summed E-state index contributed by atoms with van der Waals surface area (Å²) in [7, 11) is 1.71. The highest BCUT2D eigenvalue weighted by Gasteiger charge is 2.42. The van der Waals surface area contributed by atoms with Crippen molar-refractivity contribution < 1.29 is 19.1 Å². The Bertz CT molecular complexity index is 1050. The molecule has 2 aliphatic rings. The monoisotopic (exact) mass is 456 g/mol. The van der Waals surface area contributed by atoms with Crippen molar-refractivity contribution in [2.75, 3.05) is 33.4 Å². The minimum absolute atomic E-state index is 0.218. The number of hydrogen-bond donors (Lipinski definition) is 0. The largest absolute Gasteiger partial charge is 0.379 e. The van der Waals surface area contributed by atoms with Crippen molar-refractivity contribution in [1.82, 2.24) is 19.7 Å². The molecule has 3 heterocycles. The van der Waals surface area contributed by atoms with Crippen LogP contribution in [0.5, 0.6) is 0 Å². The van der Waals surface area contributed by atoms with Crippen molar-refractivity contribution in [1.29, 1.82) is 0 Å². The molecule has 1 saturated heterocycles.